The number of carbonyl (C=O) groups excluding carboxylic acids is 1. The molecule has 5 nitrogen and oxygen atoms in total. The van der Waals surface area contributed by atoms with Crippen LogP contribution in [0.4, 0.5) is 5.82 Å². The van der Waals surface area contributed by atoms with Gasteiger partial charge in [0, 0.05) is 24.8 Å². The summed E-state index contributed by atoms with van der Waals surface area (Å²) in [5.41, 5.74) is 1.06. The predicted octanol–water partition coefficient (Wildman–Crippen LogP) is 2.38. The highest BCUT2D eigenvalue weighted by atomic mass is 16.5. The number of aromatic nitrogens is 2. The Morgan fingerprint density at radius 2 is 2.10 bits per heavy atom. The zero-order chi connectivity index (χ0) is 14.5. The fourth-order valence-electron chi connectivity index (χ4n) is 2.45. The van der Waals surface area contributed by atoms with Crippen LogP contribution in [-0.4, -0.2) is 35.6 Å². The molecule has 110 valence electrons. The Labute approximate surface area is 120 Å². The van der Waals surface area contributed by atoms with Gasteiger partial charge in [-0.3, -0.25) is 4.79 Å². The fraction of sp³-hybridized carbons (Fsp3) is 0.667. The van der Waals surface area contributed by atoms with E-state index in [2.05, 4.69) is 34.8 Å². The van der Waals surface area contributed by atoms with Crippen molar-refractivity contribution in [3.05, 3.63) is 18.1 Å². The molecule has 1 aromatic heterocycles. The fourth-order valence-corrected chi connectivity index (χ4v) is 2.45. The highest BCUT2D eigenvalue weighted by Crippen LogP contribution is 2.24. The largest absolute Gasteiger partial charge is 0.466 e. The maximum atomic E-state index is 11.7. The van der Waals surface area contributed by atoms with Crippen molar-refractivity contribution in [2.45, 2.75) is 39.5 Å². The van der Waals surface area contributed by atoms with Gasteiger partial charge < -0.3 is 9.64 Å². The molecule has 0 saturated carbocycles. The molecule has 0 amide bonds. The molecule has 5 heteroatoms. The summed E-state index contributed by atoms with van der Waals surface area (Å²) >= 11 is 0. The van der Waals surface area contributed by atoms with Crippen LogP contribution in [0.25, 0.3) is 0 Å². The number of ether oxygens (including phenoxy) is 1. The standard InChI is InChI=1S/C15H23N3O2/c1-4-20-15(19)12-5-7-18(8-6-12)14-9-13(11(2)3)16-10-17-14/h9-12H,4-8H2,1-3H3. The molecule has 1 aliphatic rings. The SMILES string of the molecule is CCOC(=O)C1CCN(c2cc(C(C)C)ncn2)CC1. The quantitative estimate of drug-likeness (QED) is 0.791. The van der Waals surface area contributed by atoms with E-state index in [4.69, 9.17) is 4.74 Å². The van der Waals surface area contributed by atoms with E-state index in [1.165, 1.54) is 0 Å². The normalized spacial score (nSPS) is 16.5. The van der Waals surface area contributed by atoms with Gasteiger partial charge in [-0.15, -0.1) is 0 Å². The van der Waals surface area contributed by atoms with Gasteiger partial charge in [-0.2, -0.15) is 0 Å². The van der Waals surface area contributed by atoms with E-state index in [0.717, 1.165) is 37.4 Å². The van der Waals surface area contributed by atoms with Crippen LogP contribution in [0.1, 0.15) is 45.2 Å². The molecule has 1 fully saturated rings. The average molecular weight is 277 g/mol. The van der Waals surface area contributed by atoms with Gasteiger partial charge in [0.2, 0.25) is 0 Å². The van der Waals surface area contributed by atoms with Crippen LogP contribution in [0.5, 0.6) is 0 Å². The predicted molar refractivity (Wildman–Crippen MR) is 77.7 cm³/mol. The average Bonchev–Trinajstić information content (AvgIpc) is 2.48. The zero-order valence-corrected chi connectivity index (χ0v) is 12.5. The van der Waals surface area contributed by atoms with Gasteiger partial charge >= 0.3 is 5.97 Å². The maximum Gasteiger partial charge on any atom is 0.309 e. The number of hydrogen-bond donors (Lipinski definition) is 0. The third kappa shape index (κ3) is 3.46. The minimum absolute atomic E-state index is 0.0395. The Morgan fingerprint density at radius 3 is 2.70 bits per heavy atom. The second kappa shape index (κ2) is 6.68. The van der Waals surface area contributed by atoms with Gasteiger partial charge in [-0.25, -0.2) is 9.97 Å². The lowest BCUT2D eigenvalue weighted by Crippen LogP contribution is -2.37. The molecule has 0 bridgehead atoms. The number of piperidine rings is 1. The Hall–Kier alpha value is -1.65. The van der Waals surface area contributed by atoms with Crippen LogP contribution in [0.3, 0.4) is 0 Å². The maximum absolute atomic E-state index is 11.7. The topological polar surface area (TPSA) is 55.3 Å². The molecule has 1 saturated heterocycles. The summed E-state index contributed by atoms with van der Waals surface area (Å²) in [5, 5.41) is 0. The van der Waals surface area contributed by atoms with E-state index in [1.807, 2.05) is 6.92 Å². The van der Waals surface area contributed by atoms with Crippen LogP contribution in [0.15, 0.2) is 12.4 Å². The molecule has 0 N–H and O–H groups in total. The second-order valence-electron chi connectivity index (χ2n) is 5.47. The minimum atomic E-state index is -0.0577. The van der Waals surface area contributed by atoms with Crippen LogP contribution < -0.4 is 4.90 Å². The van der Waals surface area contributed by atoms with Gasteiger partial charge in [0.05, 0.1) is 12.5 Å². The van der Waals surface area contributed by atoms with Crippen molar-refractivity contribution in [3.63, 3.8) is 0 Å². The summed E-state index contributed by atoms with van der Waals surface area (Å²) in [6.07, 6.45) is 3.29. The van der Waals surface area contributed by atoms with Crippen LogP contribution in [0, 0.1) is 5.92 Å². The number of carbonyl (C=O) groups is 1. The Morgan fingerprint density at radius 1 is 1.40 bits per heavy atom. The smallest absolute Gasteiger partial charge is 0.309 e. The Balaban J connectivity index is 1.97. The molecule has 0 radical (unpaired) electrons. The van der Waals surface area contributed by atoms with Crippen molar-refractivity contribution in [3.8, 4) is 0 Å². The Kier molecular flexibility index (Phi) is 4.93. The van der Waals surface area contributed by atoms with Crippen LogP contribution in [0.2, 0.25) is 0 Å². The number of hydrogen-bond acceptors (Lipinski definition) is 5. The molecule has 20 heavy (non-hydrogen) atoms. The third-order valence-corrected chi connectivity index (χ3v) is 3.70. The first-order valence-corrected chi connectivity index (χ1v) is 7.35. The lowest BCUT2D eigenvalue weighted by Gasteiger charge is -2.31. The molecule has 0 unspecified atom stereocenters. The van der Waals surface area contributed by atoms with E-state index in [0.29, 0.717) is 12.5 Å². The molecule has 0 atom stereocenters. The highest BCUT2D eigenvalue weighted by Gasteiger charge is 2.26. The van der Waals surface area contributed by atoms with Crippen molar-refractivity contribution in [1.29, 1.82) is 0 Å². The molecule has 0 aliphatic carbocycles. The van der Waals surface area contributed by atoms with Gasteiger partial charge in [-0.05, 0) is 25.7 Å². The summed E-state index contributed by atoms with van der Waals surface area (Å²) in [7, 11) is 0. The lowest BCUT2D eigenvalue weighted by molar-refractivity contribution is -0.148. The van der Waals surface area contributed by atoms with Gasteiger partial charge in [0.1, 0.15) is 12.1 Å². The first kappa shape index (κ1) is 14.8. The number of nitrogens with zero attached hydrogens (tertiary/aromatic N) is 3. The number of anilines is 1. The molecule has 2 heterocycles. The van der Waals surface area contributed by atoms with Gasteiger partial charge in [0.15, 0.2) is 0 Å². The lowest BCUT2D eigenvalue weighted by atomic mass is 9.97. The minimum Gasteiger partial charge on any atom is -0.466 e. The summed E-state index contributed by atoms with van der Waals surface area (Å²) < 4.78 is 5.09. The summed E-state index contributed by atoms with van der Waals surface area (Å²) in [6.45, 7) is 8.25. The van der Waals surface area contributed by atoms with Crippen molar-refractivity contribution in [2.24, 2.45) is 5.92 Å². The highest BCUT2D eigenvalue weighted by molar-refractivity contribution is 5.72. The zero-order valence-electron chi connectivity index (χ0n) is 12.5. The van der Waals surface area contributed by atoms with E-state index < -0.39 is 0 Å². The molecular formula is C15H23N3O2. The first-order valence-electron chi connectivity index (χ1n) is 7.35. The van der Waals surface area contributed by atoms with Crippen molar-refractivity contribution < 1.29 is 9.53 Å². The molecule has 1 aliphatic heterocycles. The van der Waals surface area contributed by atoms with E-state index in [-0.39, 0.29) is 11.9 Å². The monoisotopic (exact) mass is 277 g/mol. The molecule has 1 aromatic rings. The van der Waals surface area contributed by atoms with Gasteiger partial charge in [-0.1, -0.05) is 13.8 Å². The van der Waals surface area contributed by atoms with E-state index >= 15 is 0 Å². The number of esters is 1. The third-order valence-electron chi connectivity index (χ3n) is 3.70. The van der Waals surface area contributed by atoms with Crippen LogP contribution in [-0.2, 0) is 9.53 Å². The molecule has 2 rings (SSSR count). The van der Waals surface area contributed by atoms with Crippen molar-refractivity contribution >= 4 is 11.8 Å². The van der Waals surface area contributed by atoms with Gasteiger partial charge in [0.25, 0.3) is 0 Å². The molecule has 0 aromatic carbocycles. The second-order valence-corrected chi connectivity index (χ2v) is 5.47. The molecule has 0 spiro atoms. The Bertz CT molecular complexity index is 454. The van der Waals surface area contributed by atoms with Crippen LogP contribution >= 0.6 is 0 Å². The molecular weight excluding hydrogens is 254 g/mol. The van der Waals surface area contributed by atoms with E-state index in [9.17, 15) is 4.79 Å². The number of rotatable bonds is 4. The summed E-state index contributed by atoms with van der Waals surface area (Å²) in [4.78, 5) is 22.6. The van der Waals surface area contributed by atoms with E-state index in [1.54, 1.807) is 6.33 Å². The summed E-state index contributed by atoms with van der Waals surface area (Å²) in [6, 6.07) is 2.05. The van der Waals surface area contributed by atoms with Crippen molar-refractivity contribution in [2.75, 3.05) is 24.6 Å². The first-order chi connectivity index (χ1) is 9.61. The summed E-state index contributed by atoms with van der Waals surface area (Å²) in [5.74, 6) is 1.34. The van der Waals surface area contributed by atoms with Crippen molar-refractivity contribution in [1.82, 2.24) is 9.97 Å².